The van der Waals surface area contributed by atoms with E-state index in [1.807, 2.05) is 0 Å². The van der Waals surface area contributed by atoms with Gasteiger partial charge in [0, 0.05) is 20.2 Å². The molecule has 0 spiro atoms. The molecule has 0 aromatic carbocycles. The molecule has 1 unspecified atom stereocenters. The minimum atomic E-state index is 0.246. The van der Waals surface area contributed by atoms with E-state index in [1.54, 1.807) is 7.05 Å². The predicted molar refractivity (Wildman–Crippen MR) is 55.6 cm³/mol. The lowest BCUT2D eigenvalue weighted by molar-refractivity contribution is 0.251. The number of hydrogen-bond donors (Lipinski definition) is 3. The Balaban J connectivity index is 3.67. The summed E-state index contributed by atoms with van der Waals surface area (Å²) < 4.78 is 0. The maximum atomic E-state index is 8.80. The molecule has 0 radical (unpaired) electrons. The van der Waals surface area contributed by atoms with Gasteiger partial charge in [-0.2, -0.15) is 0 Å². The standard InChI is InChI=1S/C9H21N3O/c1-3-4-8(5-6-13)7-12-9(10)11-2/h8,13H,3-7H2,1-2H3,(H3,10,11,12). The van der Waals surface area contributed by atoms with Gasteiger partial charge < -0.3 is 16.2 Å². The Morgan fingerprint density at radius 1 is 1.54 bits per heavy atom. The van der Waals surface area contributed by atoms with Crippen LogP contribution in [0.5, 0.6) is 0 Å². The zero-order valence-electron chi connectivity index (χ0n) is 8.58. The molecular weight excluding hydrogens is 166 g/mol. The van der Waals surface area contributed by atoms with Gasteiger partial charge in [0.25, 0.3) is 0 Å². The molecule has 4 heteroatoms. The lowest BCUT2D eigenvalue weighted by atomic mass is 10.0. The third-order valence-electron chi connectivity index (χ3n) is 2.05. The summed E-state index contributed by atoms with van der Waals surface area (Å²) in [5, 5.41) is 11.8. The highest BCUT2D eigenvalue weighted by Gasteiger charge is 2.06. The number of aliphatic hydroxyl groups excluding tert-OH is 1. The zero-order chi connectivity index (χ0) is 10.1. The molecule has 0 rings (SSSR count). The second kappa shape index (κ2) is 7.86. The highest BCUT2D eigenvalue weighted by Crippen LogP contribution is 2.08. The summed E-state index contributed by atoms with van der Waals surface area (Å²) in [7, 11) is 1.66. The van der Waals surface area contributed by atoms with Crippen molar-refractivity contribution in [2.75, 3.05) is 20.2 Å². The van der Waals surface area contributed by atoms with E-state index in [-0.39, 0.29) is 6.61 Å². The molecule has 0 heterocycles. The van der Waals surface area contributed by atoms with E-state index in [0.29, 0.717) is 11.9 Å². The van der Waals surface area contributed by atoms with E-state index < -0.39 is 0 Å². The molecule has 4 nitrogen and oxygen atoms in total. The second-order valence-electron chi connectivity index (χ2n) is 3.16. The van der Waals surface area contributed by atoms with Crippen molar-refractivity contribution in [3.63, 3.8) is 0 Å². The van der Waals surface area contributed by atoms with E-state index in [1.165, 1.54) is 0 Å². The van der Waals surface area contributed by atoms with Crippen LogP contribution >= 0.6 is 0 Å². The van der Waals surface area contributed by atoms with Crippen molar-refractivity contribution in [2.24, 2.45) is 16.6 Å². The molecule has 0 saturated carbocycles. The topological polar surface area (TPSA) is 70.6 Å². The number of aliphatic hydroxyl groups is 1. The first kappa shape index (κ1) is 12.2. The minimum Gasteiger partial charge on any atom is -0.396 e. The van der Waals surface area contributed by atoms with E-state index in [9.17, 15) is 0 Å². The molecule has 0 bridgehead atoms. The monoisotopic (exact) mass is 187 g/mol. The van der Waals surface area contributed by atoms with E-state index in [2.05, 4.69) is 17.2 Å². The van der Waals surface area contributed by atoms with Gasteiger partial charge in [-0.1, -0.05) is 13.3 Å². The van der Waals surface area contributed by atoms with Crippen molar-refractivity contribution < 1.29 is 5.11 Å². The average Bonchev–Trinajstić information content (AvgIpc) is 2.14. The molecular formula is C9H21N3O. The average molecular weight is 187 g/mol. The molecule has 0 aromatic heterocycles. The fourth-order valence-electron chi connectivity index (χ4n) is 1.27. The quantitative estimate of drug-likeness (QED) is 0.414. The summed E-state index contributed by atoms with van der Waals surface area (Å²) in [5.74, 6) is 0.967. The van der Waals surface area contributed by atoms with Gasteiger partial charge >= 0.3 is 0 Å². The molecule has 0 aliphatic heterocycles. The zero-order valence-corrected chi connectivity index (χ0v) is 8.58. The third kappa shape index (κ3) is 6.40. The van der Waals surface area contributed by atoms with Gasteiger partial charge in [-0.05, 0) is 18.8 Å². The smallest absolute Gasteiger partial charge is 0.188 e. The number of nitrogens with one attached hydrogen (secondary N) is 1. The largest absolute Gasteiger partial charge is 0.396 e. The van der Waals surface area contributed by atoms with Gasteiger partial charge in [0.1, 0.15) is 0 Å². The fraction of sp³-hybridized carbons (Fsp3) is 0.889. The van der Waals surface area contributed by atoms with Crippen molar-refractivity contribution in [2.45, 2.75) is 26.2 Å². The van der Waals surface area contributed by atoms with Crippen LogP contribution in [0.1, 0.15) is 26.2 Å². The summed E-state index contributed by atoms with van der Waals surface area (Å²) in [4.78, 5) is 3.80. The maximum Gasteiger partial charge on any atom is 0.188 e. The van der Waals surface area contributed by atoms with Crippen LogP contribution in [-0.2, 0) is 0 Å². The summed E-state index contributed by atoms with van der Waals surface area (Å²) in [6.45, 7) is 3.19. The summed E-state index contributed by atoms with van der Waals surface area (Å²) >= 11 is 0. The minimum absolute atomic E-state index is 0.246. The number of hydrogen-bond acceptors (Lipinski definition) is 2. The van der Waals surface area contributed by atoms with Gasteiger partial charge in [0.2, 0.25) is 0 Å². The van der Waals surface area contributed by atoms with Crippen LogP contribution in [0.15, 0.2) is 4.99 Å². The molecule has 13 heavy (non-hydrogen) atoms. The van der Waals surface area contributed by atoms with Crippen LogP contribution < -0.4 is 11.1 Å². The molecule has 0 aromatic rings. The predicted octanol–water partition coefficient (Wildman–Crippen LogP) is 0.319. The SMILES string of the molecule is CCCC(CCO)CNC(N)=NC. The normalized spacial score (nSPS) is 14.2. The molecule has 0 aliphatic carbocycles. The Morgan fingerprint density at radius 2 is 2.23 bits per heavy atom. The Labute approximate surface area is 80.2 Å². The van der Waals surface area contributed by atoms with E-state index in [0.717, 1.165) is 25.8 Å². The van der Waals surface area contributed by atoms with Crippen LogP contribution in [0, 0.1) is 5.92 Å². The second-order valence-corrected chi connectivity index (χ2v) is 3.16. The molecule has 1 atom stereocenters. The van der Waals surface area contributed by atoms with Crippen molar-refractivity contribution in [1.29, 1.82) is 0 Å². The van der Waals surface area contributed by atoms with Crippen LogP contribution in [-0.4, -0.2) is 31.3 Å². The van der Waals surface area contributed by atoms with E-state index >= 15 is 0 Å². The number of aliphatic imine (C=N–C) groups is 1. The van der Waals surface area contributed by atoms with Gasteiger partial charge in [0.05, 0.1) is 0 Å². The Morgan fingerprint density at radius 3 is 2.69 bits per heavy atom. The molecule has 0 amide bonds. The Kier molecular flexibility index (Phi) is 7.39. The number of rotatable bonds is 6. The Hall–Kier alpha value is -0.770. The summed E-state index contributed by atoms with van der Waals surface area (Å²) in [6, 6.07) is 0. The first-order chi connectivity index (χ1) is 6.24. The van der Waals surface area contributed by atoms with Crippen LogP contribution in [0.2, 0.25) is 0 Å². The molecule has 78 valence electrons. The van der Waals surface area contributed by atoms with Crippen LogP contribution in [0.25, 0.3) is 0 Å². The molecule has 4 N–H and O–H groups in total. The number of nitrogens with two attached hydrogens (primary N) is 1. The van der Waals surface area contributed by atoms with Crippen molar-refractivity contribution in [3.8, 4) is 0 Å². The third-order valence-corrected chi connectivity index (χ3v) is 2.05. The number of guanidine groups is 1. The lowest BCUT2D eigenvalue weighted by Crippen LogP contribution is -2.35. The molecule has 0 fully saturated rings. The van der Waals surface area contributed by atoms with Crippen molar-refractivity contribution in [3.05, 3.63) is 0 Å². The number of nitrogens with zero attached hydrogens (tertiary/aromatic N) is 1. The van der Waals surface area contributed by atoms with Gasteiger partial charge in [-0.25, -0.2) is 0 Å². The molecule has 0 aliphatic rings. The highest BCUT2D eigenvalue weighted by atomic mass is 16.3. The van der Waals surface area contributed by atoms with Crippen molar-refractivity contribution >= 4 is 5.96 Å². The summed E-state index contributed by atoms with van der Waals surface area (Å²) in [6.07, 6.45) is 3.08. The van der Waals surface area contributed by atoms with Crippen LogP contribution in [0.4, 0.5) is 0 Å². The van der Waals surface area contributed by atoms with Crippen molar-refractivity contribution in [1.82, 2.24) is 5.32 Å². The highest BCUT2D eigenvalue weighted by molar-refractivity contribution is 5.77. The van der Waals surface area contributed by atoms with Gasteiger partial charge in [0.15, 0.2) is 5.96 Å². The van der Waals surface area contributed by atoms with Gasteiger partial charge in [-0.15, -0.1) is 0 Å². The lowest BCUT2D eigenvalue weighted by Gasteiger charge is -2.15. The van der Waals surface area contributed by atoms with Gasteiger partial charge in [-0.3, -0.25) is 4.99 Å². The maximum absolute atomic E-state index is 8.80. The molecule has 0 saturated heterocycles. The summed E-state index contributed by atoms with van der Waals surface area (Å²) in [5.41, 5.74) is 5.49. The Bertz CT molecular complexity index is 142. The fourth-order valence-corrected chi connectivity index (χ4v) is 1.27. The first-order valence-electron chi connectivity index (χ1n) is 4.81. The first-order valence-corrected chi connectivity index (χ1v) is 4.81. The van der Waals surface area contributed by atoms with E-state index in [4.69, 9.17) is 10.8 Å². The van der Waals surface area contributed by atoms with Crippen LogP contribution in [0.3, 0.4) is 0 Å².